The predicted molar refractivity (Wildman–Crippen MR) is 84.9 cm³/mol. The van der Waals surface area contributed by atoms with Gasteiger partial charge < -0.3 is 15.4 Å². The minimum Gasteiger partial charge on any atom is -0.464 e. The fourth-order valence-electron chi connectivity index (χ4n) is 1.57. The Balaban J connectivity index is 2.34. The van der Waals surface area contributed by atoms with Crippen LogP contribution in [0.25, 0.3) is 0 Å². The van der Waals surface area contributed by atoms with Gasteiger partial charge in [-0.2, -0.15) is 15.0 Å². The first-order chi connectivity index (χ1) is 10.1. The summed E-state index contributed by atoms with van der Waals surface area (Å²) in [6, 6.07) is 5.45. The molecule has 0 unspecified atom stereocenters. The molecule has 8 heteroatoms. The molecule has 0 aliphatic carbocycles. The first-order valence-corrected chi connectivity index (χ1v) is 7.23. The van der Waals surface area contributed by atoms with E-state index in [0.29, 0.717) is 40.8 Å². The predicted octanol–water partition coefficient (Wildman–Crippen LogP) is 3.75. The molecular weight excluding hydrogens is 313 g/mol. The van der Waals surface area contributed by atoms with Crippen LogP contribution in [-0.2, 0) is 0 Å². The van der Waals surface area contributed by atoms with Crippen molar-refractivity contribution in [3.05, 3.63) is 28.2 Å². The lowest BCUT2D eigenvalue weighted by atomic mass is 10.3. The van der Waals surface area contributed by atoms with Gasteiger partial charge in [0, 0.05) is 6.54 Å². The van der Waals surface area contributed by atoms with E-state index >= 15 is 0 Å². The Hall–Kier alpha value is -1.79. The first-order valence-electron chi connectivity index (χ1n) is 6.47. The molecule has 0 aliphatic heterocycles. The van der Waals surface area contributed by atoms with Gasteiger partial charge in [-0.15, -0.1) is 0 Å². The molecule has 21 heavy (non-hydrogen) atoms. The summed E-state index contributed by atoms with van der Waals surface area (Å²) in [6.07, 6.45) is 0. The largest absolute Gasteiger partial charge is 0.464 e. The van der Waals surface area contributed by atoms with Crippen molar-refractivity contribution in [2.45, 2.75) is 13.8 Å². The Morgan fingerprint density at radius 2 is 1.71 bits per heavy atom. The molecule has 6 nitrogen and oxygen atoms in total. The summed E-state index contributed by atoms with van der Waals surface area (Å²) in [5.41, 5.74) is 0.539. The molecule has 2 rings (SSSR count). The standard InChI is InChI=1S/C13H15Cl2N5O/c1-3-16-11-18-12(20-13(19-11)21-4-2)17-10-8(14)6-5-7-9(10)15/h5-7H,3-4H2,1-2H3,(H2,16,17,18,19,20). The van der Waals surface area contributed by atoms with Crippen LogP contribution >= 0.6 is 23.2 Å². The van der Waals surface area contributed by atoms with Crippen LogP contribution in [0.1, 0.15) is 13.8 Å². The van der Waals surface area contributed by atoms with Gasteiger partial charge in [-0.25, -0.2) is 0 Å². The average molecular weight is 328 g/mol. The zero-order valence-electron chi connectivity index (χ0n) is 11.7. The highest BCUT2D eigenvalue weighted by Crippen LogP contribution is 2.31. The van der Waals surface area contributed by atoms with E-state index in [9.17, 15) is 0 Å². The normalized spacial score (nSPS) is 10.3. The highest BCUT2D eigenvalue weighted by atomic mass is 35.5. The quantitative estimate of drug-likeness (QED) is 0.841. The van der Waals surface area contributed by atoms with E-state index in [2.05, 4.69) is 25.6 Å². The number of nitrogens with zero attached hydrogens (tertiary/aromatic N) is 3. The van der Waals surface area contributed by atoms with Crippen molar-refractivity contribution in [3.8, 4) is 6.01 Å². The number of aromatic nitrogens is 3. The van der Waals surface area contributed by atoms with Crippen molar-refractivity contribution < 1.29 is 4.74 Å². The van der Waals surface area contributed by atoms with Crippen LogP contribution in [-0.4, -0.2) is 28.1 Å². The Kier molecular flexibility index (Phi) is 5.41. The van der Waals surface area contributed by atoms with E-state index < -0.39 is 0 Å². The number of ether oxygens (including phenoxy) is 1. The lowest BCUT2D eigenvalue weighted by molar-refractivity contribution is 0.312. The molecule has 1 aromatic heterocycles. The van der Waals surface area contributed by atoms with Gasteiger partial charge in [0.2, 0.25) is 11.9 Å². The summed E-state index contributed by atoms with van der Waals surface area (Å²) in [6.45, 7) is 4.95. The van der Waals surface area contributed by atoms with Crippen LogP contribution < -0.4 is 15.4 Å². The Morgan fingerprint density at radius 1 is 1.05 bits per heavy atom. The Morgan fingerprint density at radius 3 is 2.33 bits per heavy atom. The Labute approximate surface area is 132 Å². The maximum Gasteiger partial charge on any atom is 0.323 e. The van der Waals surface area contributed by atoms with Crippen LogP contribution in [0.4, 0.5) is 17.6 Å². The molecule has 112 valence electrons. The van der Waals surface area contributed by atoms with Crippen LogP contribution in [0.15, 0.2) is 18.2 Å². The van der Waals surface area contributed by atoms with Crippen molar-refractivity contribution >= 4 is 40.8 Å². The van der Waals surface area contributed by atoms with Gasteiger partial charge in [-0.05, 0) is 26.0 Å². The summed E-state index contributed by atoms with van der Waals surface area (Å²) in [5, 5.41) is 6.96. The van der Waals surface area contributed by atoms with E-state index in [0.717, 1.165) is 0 Å². The molecule has 1 heterocycles. The van der Waals surface area contributed by atoms with Gasteiger partial charge in [-0.3, -0.25) is 0 Å². The molecule has 0 saturated heterocycles. The smallest absolute Gasteiger partial charge is 0.323 e. The molecule has 0 fully saturated rings. The van der Waals surface area contributed by atoms with Crippen molar-refractivity contribution in [1.82, 2.24) is 15.0 Å². The summed E-state index contributed by atoms with van der Waals surface area (Å²) in [5.74, 6) is 0.723. The van der Waals surface area contributed by atoms with Crippen LogP contribution in [0.3, 0.4) is 0 Å². The third kappa shape index (κ3) is 4.09. The number of benzene rings is 1. The lowest BCUT2D eigenvalue weighted by Gasteiger charge is -2.11. The monoisotopic (exact) mass is 327 g/mol. The second-order valence-electron chi connectivity index (χ2n) is 3.95. The summed E-state index contributed by atoms with van der Waals surface area (Å²) >= 11 is 12.2. The zero-order valence-corrected chi connectivity index (χ0v) is 13.2. The van der Waals surface area contributed by atoms with Gasteiger partial charge in [0.05, 0.1) is 22.3 Å². The molecule has 0 radical (unpaired) electrons. The number of nitrogens with one attached hydrogen (secondary N) is 2. The summed E-state index contributed by atoms with van der Waals surface area (Å²) < 4.78 is 5.32. The topological polar surface area (TPSA) is 72.0 Å². The second kappa shape index (κ2) is 7.28. The molecule has 0 spiro atoms. The maximum atomic E-state index is 6.12. The summed E-state index contributed by atoms with van der Waals surface area (Å²) in [7, 11) is 0. The summed E-state index contributed by atoms with van der Waals surface area (Å²) in [4.78, 5) is 12.5. The molecule has 1 aromatic carbocycles. The molecule has 0 amide bonds. The third-order valence-electron chi connectivity index (χ3n) is 2.42. The van der Waals surface area contributed by atoms with Crippen LogP contribution in [0.2, 0.25) is 10.0 Å². The van der Waals surface area contributed by atoms with E-state index in [1.165, 1.54) is 0 Å². The minimum atomic E-state index is 0.231. The zero-order chi connectivity index (χ0) is 15.2. The first kappa shape index (κ1) is 15.6. The van der Waals surface area contributed by atoms with Crippen LogP contribution in [0.5, 0.6) is 6.01 Å². The number of para-hydroxylation sites is 1. The van der Waals surface area contributed by atoms with Gasteiger partial charge in [0.15, 0.2) is 0 Å². The second-order valence-corrected chi connectivity index (χ2v) is 4.76. The van der Waals surface area contributed by atoms with Crippen molar-refractivity contribution in [1.29, 1.82) is 0 Å². The highest BCUT2D eigenvalue weighted by Gasteiger charge is 2.11. The van der Waals surface area contributed by atoms with Crippen molar-refractivity contribution in [3.63, 3.8) is 0 Å². The fourth-order valence-corrected chi connectivity index (χ4v) is 2.06. The number of rotatable bonds is 6. The molecular formula is C13H15Cl2N5O. The van der Waals surface area contributed by atoms with Gasteiger partial charge in [-0.1, -0.05) is 29.3 Å². The molecule has 0 saturated carbocycles. The maximum absolute atomic E-state index is 6.12. The Bertz CT molecular complexity index is 579. The van der Waals surface area contributed by atoms with E-state index in [1.807, 2.05) is 13.8 Å². The number of halogens is 2. The van der Waals surface area contributed by atoms with Gasteiger partial charge >= 0.3 is 6.01 Å². The molecule has 2 N–H and O–H groups in total. The van der Waals surface area contributed by atoms with E-state index in [-0.39, 0.29) is 6.01 Å². The fraction of sp³-hybridized carbons (Fsp3) is 0.308. The molecule has 0 aliphatic rings. The minimum absolute atomic E-state index is 0.231. The van der Waals surface area contributed by atoms with E-state index in [1.54, 1.807) is 18.2 Å². The molecule has 0 bridgehead atoms. The van der Waals surface area contributed by atoms with Gasteiger partial charge in [0.25, 0.3) is 0 Å². The third-order valence-corrected chi connectivity index (χ3v) is 3.05. The number of hydrogen-bond donors (Lipinski definition) is 2. The lowest BCUT2D eigenvalue weighted by Crippen LogP contribution is -2.09. The highest BCUT2D eigenvalue weighted by molar-refractivity contribution is 6.39. The molecule has 0 atom stereocenters. The average Bonchev–Trinajstić information content (AvgIpc) is 2.44. The number of anilines is 3. The molecule has 2 aromatic rings. The van der Waals surface area contributed by atoms with Crippen LogP contribution in [0, 0.1) is 0 Å². The van der Waals surface area contributed by atoms with E-state index in [4.69, 9.17) is 27.9 Å². The number of hydrogen-bond acceptors (Lipinski definition) is 6. The van der Waals surface area contributed by atoms with Crippen molar-refractivity contribution in [2.75, 3.05) is 23.8 Å². The SMILES string of the molecule is CCNc1nc(Nc2c(Cl)cccc2Cl)nc(OCC)n1. The van der Waals surface area contributed by atoms with Gasteiger partial charge in [0.1, 0.15) is 0 Å². The van der Waals surface area contributed by atoms with Crippen molar-refractivity contribution in [2.24, 2.45) is 0 Å².